The van der Waals surface area contributed by atoms with Gasteiger partial charge in [-0.2, -0.15) is 0 Å². The summed E-state index contributed by atoms with van der Waals surface area (Å²) in [6.45, 7) is 2.03. The smallest absolute Gasteiger partial charge is 0.141 e. The highest BCUT2D eigenvalue weighted by Crippen LogP contribution is 2.24. The molecule has 4 heteroatoms. The molecular formula is C12H14N2OS. The van der Waals surface area contributed by atoms with Gasteiger partial charge >= 0.3 is 0 Å². The zero-order valence-corrected chi connectivity index (χ0v) is 10.2. The number of ether oxygens (including phenoxy) is 1. The van der Waals surface area contributed by atoms with Gasteiger partial charge in [-0.15, -0.1) is 11.3 Å². The van der Waals surface area contributed by atoms with Gasteiger partial charge in [0, 0.05) is 11.3 Å². The van der Waals surface area contributed by atoms with Gasteiger partial charge in [-0.1, -0.05) is 6.07 Å². The predicted molar refractivity (Wildman–Crippen MR) is 67.1 cm³/mol. The lowest BCUT2D eigenvalue weighted by atomic mass is 10.1. The molecule has 0 amide bonds. The molecule has 1 heterocycles. The second-order valence-electron chi connectivity index (χ2n) is 3.61. The van der Waals surface area contributed by atoms with Crippen molar-refractivity contribution >= 4 is 17.0 Å². The van der Waals surface area contributed by atoms with Crippen molar-refractivity contribution in [3.05, 3.63) is 39.8 Å². The maximum absolute atomic E-state index is 5.86. The molecule has 0 unspecified atom stereocenters. The summed E-state index contributed by atoms with van der Waals surface area (Å²) in [4.78, 5) is 5.51. The van der Waals surface area contributed by atoms with Crippen molar-refractivity contribution in [2.45, 2.75) is 13.3 Å². The second kappa shape index (κ2) is 4.53. The number of nitrogen functional groups attached to an aromatic ring is 1. The topological polar surface area (TPSA) is 48.1 Å². The van der Waals surface area contributed by atoms with Crippen molar-refractivity contribution in [3.8, 4) is 5.75 Å². The number of nitrogens with zero attached hydrogens (tertiary/aromatic N) is 1. The van der Waals surface area contributed by atoms with Crippen LogP contribution in [0.5, 0.6) is 5.75 Å². The molecule has 0 bridgehead atoms. The molecule has 2 aromatic rings. The highest BCUT2D eigenvalue weighted by molar-refractivity contribution is 7.09. The lowest BCUT2D eigenvalue weighted by molar-refractivity contribution is 0.417. The third-order valence-corrected chi connectivity index (χ3v) is 3.44. The van der Waals surface area contributed by atoms with Gasteiger partial charge in [0.1, 0.15) is 5.75 Å². The Morgan fingerprint density at radius 1 is 1.44 bits per heavy atom. The van der Waals surface area contributed by atoms with E-state index >= 15 is 0 Å². The summed E-state index contributed by atoms with van der Waals surface area (Å²) in [6, 6.07) is 5.90. The molecule has 1 aromatic heterocycles. The SMILES string of the molecule is COc1ccc(Cc2scnc2C)cc1N. The summed E-state index contributed by atoms with van der Waals surface area (Å²) in [5, 5.41) is 0. The Morgan fingerprint density at radius 3 is 2.81 bits per heavy atom. The standard InChI is InChI=1S/C12H14N2OS/c1-8-12(16-7-14-8)6-9-3-4-11(15-2)10(13)5-9/h3-5,7H,6,13H2,1-2H3. The summed E-state index contributed by atoms with van der Waals surface area (Å²) < 4.78 is 5.12. The highest BCUT2D eigenvalue weighted by Gasteiger charge is 2.05. The summed E-state index contributed by atoms with van der Waals surface area (Å²) in [5.41, 5.74) is 10.7. The van der Waals surface area contributed by atoms with Crippen LogP contribution in [-0.2, 0) is 6.42 Å². The van der Waals surface area contributed by atoms with Crippen molar-refractivity contribution in [2.75, 3.05) is 12.8 Å². The average molecular weight is 234 g/mol. The van der Waals surface area contributed by atoms with E-state index < -0.39 is 0 Å². The van der Waals surface area contributed by atoms with Gasteiger partial charge in [0.05, 0.1) is 24.0 Å². The van der Waals surface area contributed by atoms with E-state index in [1.54, 1.807) is 18.4 Å². The minimum Gasteiger partial charge on any atom is -0.495 e. The average Bonchev–Trinajstić information content (AvgIpc) is 2.65. The van der Waals surface area contributed by atoms with E-state index in [2.05, 4.69) is 4.98 Å². The summed E-state index contributed by atoms with van der Waals surface area (Å²) in [5.74, 6) is 0.727. The number of nitrogens with two attached hydrogens (primary N) is 1. The fraction of sp³-hybridized carbons (Fsp3) is 0.250. The lowest BCUT2D eigenvalue weighted by Crippen LogP contribution is -1.95. The molecular weight excluding hydrogens is 220 g/mol. The van der Waals surface area contributed by atoms with Crippen LogP contribution in [0.2, 0.25) is 0 Å². The Morgan fingerprint density at radius 2 is 2.25 bits per heavy atom. The van der Waals surface area contributed by atoms with E-state index in [9.17, 15) is 0 Å². The van der Waals surface area contributed by atoms with Gasteiger partial charge in [0.2, 0.25) is 0 Å². The predicted octanol–water partition coefficient (Wildman–Crippen LogP) is 2.63. The fourth-order valence-corrected chi connectivity index (χ4v) is 2.39. The lowest BCUT2D eigenvalue weighted by Gasteiger charge is -2.06. The summed E-state index contributed by atoms with van der Waals surface area (Å²) in [6.07, 6.45) is 0.880. The molecule has 0 aliphatic rings. The van der Waals surface area contributed by atoms with Gasteiger partial charge in [0.25, 0.3) is 0 Å². The molecule has 0 radical (unpaired) electrons. The van der Waals surface area contributed by atoms with E-state index in [-0.39, 0.29) is 0 Å². The normalized spacial score (nSPS) is 10.4. The van der Waals surface area contributed by atoms with Gasteiger partial charge in [-0.3, -0.25) is 0 Å². The minimum absolute atomic E-state index is 0.683. The van der Waals surface area contributed by atoms with Crippen LogP contribution < -0.4 is 10.5 Å². The largest absolute Gasteiger partial charge is 0.495 e. The zero-order chi connectivity index (χ0) is 11.5. The van der Waals surface area contributed by atoms with Crippen molar-refractivity contribution in [2.24, 2.45) is 0 Å². The summed E-state index contributed by atoms with van der Waals surface area (Å²) >= 11 is 1.68. The Bertz CT molecular complexity index is 494. The first-order chi connectivity index (χ1) is 7.70. The maximum Gasteiger partial charge on any atom is 0.141 e. The first kappa shape index (κ1) is 11.0. The van der Waals surface area contributed by atoms with Crippen LogP contribution in [0.4, 0.5) is 5.69 Å². The number of rotatable bonds is 3. The molecule has 2 rings (SSSR count). The van der Waals surface area contributed by atoms with Crippen molar-refractivity contribution < 1.29 is 4.74 Å². The molecule has 0 saturated heterocycles. The van der Waals surface area contributed by atoms with Gasteiger partial charge < -0.3 is 10.5 Å². The number of anilines is 1. The molecule has 0 atom stereocenters. The number of methoxy groups -OCH3 is 1. The molecule has 1 aromatic carbocycles. The monoisotopic (exact) mass is 234 g/mol. The van der Waals surface area contributed by atoms with Crippen molar-refractivity contribution in [3.63, 3.8) is 0 Å². The number of thiazole rings is 1. The first-order valence-electron chi connectivity index (χ1n) is 5.02. The van der Waals surface area contributed by atoms with Crippen LogP contribution in [0, 0.1) is 6.92 Å². The number of hydrogen-bond acceptors (Lipinski definition) is 4. The fourth-order valence-electron chi connectivity index (χ4n) is 1.58. The van der Waals surface area contributed by atoms with Crippen LogP contribution in [0.1, 0.15) is 16.1 Å². The number of hydrogen-bond donors (Lipinski definition) is 1. The molecule has 3 nitrogen and oxygen atoms in total. The van der Waals surface area contributed by atoms with E-state index in [1.165, 1.54) is 10.4 Å². The summed E-state index contributed by atoms with van der Waals surface area (Å²) in [7, 11) is 1.62. The van der Waals surface area contributed by atoms with Crippen LogP contribution in [0.25, 0.3) is 0 Å². The molecule has 2 N–H and O–H groups in total. The van der Waals surface area contributed by atoms with Crippen molar-refractivity contribution in [1.82, 2.24) is 4.98 Å². The number of aryl methyl sites for hydroxylation is 1. The minimum atomic E-state index is 0.683. The molecule has 84 valence electrons. The zero-order valence-electron chi connectivity index (χ0n) is 9.36. The Hall–Kier alpha value is -1.55. The Labute approximate surface area is 98.9 Å². The Kier molecular flexibility index (Phi) is 3.10. The Balaban J connectivity index is 2.23. The van der Waals surface area contributed by atoms with Gasteiger partial charge in [-0.05, 0) is 24.6 Å². The van der Waals surface area contributed by atoms with E-state index in [0.29, 0.717) is 5.69 Å². The quantitative estimate of drug-likeness (QED) is 0.830. The van der Waals surface area contributed by atoms with Crippen LogP contribution in [0.3, 0.4) is 0 Å². The maximum atomic E-state index is 5.86. The highest BCUT2D eigenvalue weighted by atomic mass is 32.1. The molecule has 0 spiro atoms. The van der Waals surface area contributed by atoms with Crippen LogP contribution in [0.15, 0.2) is 23.7 Å². The van der Waals surface area contributed by atoms with Crippen molar-refractivity contribution in [1.29, 1.82) is 0 Å². The molecule has 16 heavy (non-hydrogen) atoms. The van der Waals surface area contributed by atoms with Gasteiger partial charge in [0.15, 0.2) is 0 Å². The van der Waals surface area contributed by atoms with Crippen LogP contribution in [-0.4, -0.2) is 12.1 Å². The molecule has 0 fully saturated rings. The molecule has 0 saturated carbocycles. The second-order valence-corrected chi connectivity index (χ2v) is 4.55. The van der Waals surface area contributed by atoms with E-state index in [4.69, 9.17) is 10.5 Å². The first-order valence-corrected chi connectivity index (χ1v) is 5.90. The van der Waals surface area contributed by atoms with Crippen LogP contribution >= 0.6 is 11.3 Å². The third kappa shape index (κ3) is 2.17. The molecule has 0 aliphatic heterocycles. The van der Waals surface area contributed by atoms with E-state index in [1.807, 2.05) is 30.6 Å². The number of aromatic nitrogens is 1. The van der Waals surface area contributed by atoms with Gasteiger partial charge in [-0.25, -0.2) is 4.98 Å². The molecule has 0 aliphatic carbocycles. The van der Waals surface area contributed by atoms with E-state index in [0.717, 1.165) is 17.9 Å². The number of benzene rings is 1. The third-order valence-electron chi connectivity index (χ3n) is 2.50.